The number of carbonyl (C=O) groups is 1. The lowest BCUT2D eigenvalue weighted by Gasteiger charge is -2.05. The second-order valence-electron chi connectivity index (χ2n) is 3.84. The zero-order valence-electron chi connectivity index (χ0n) is 10.2. The van der Waals surface area contributed by atoms with Gasteiger partial charge < -0.3 is 10.4 Å². The van der Waals surface area contributed by atoms with E-state index in [-0.39, 0.29) is 23.7 Å². The van der Waals surface area contributed by atoms with Crippen molar-refractivity contribution in [3.63, 3.8) is 0 Å². The van der Waals surface area contributed by atoms with Gasteiger partial charge in [-0.25, -0.2) is 14.8 Å². The molecule has 0 saturated heterocycles. The molecule has 0 unspecified atom stereocenters. The molecule has 0 amide bonds. The fraction of sp³-hybridized carbons (Fsp3) is 0.0833. The third kappa shape index (κ3) is 3.05. The summed E-state index contributed by atoms with van der Waals surface area (Å²) in [5, 5.41) is 22.3. The SMILES string of the molecule is O=C(O)c1ccc(CNc2ncccc2[N+](=O)[O-])cn1. The number of hydrogen-bond donors (Lipinski definition) is 2. The number of hydrogen-bond acceptors (Lipinski definition) is 6. The number of anilines is 1. The van der Waals surface area contributed by atoms with E-state index in [4.69, 9.17) is 5.11 Å². The highest BCUT2D eigenvalue weighted by molar-refractivity contribution is 5.85. The average Bonchev–Trinajstić information content (AvgIpc) is 2.45. The molecule has 0 aliphatic heterocycles. The van der Waals surface area contributed by atoms with E-state index in [1.165, 1.54) is 30.6 Å². The van der Waals surface area contributed by atoms with E-state index in [9.17, 15) is 14.9 Å². The van der Waals surface area contributed by atoms with Crippen LogP contribution in [0.1, 0.15) is 16.1 Å². The van der Waals surface area contributed by atoms with Crippen molar-refractivity contribution >= 4 is 17.5 Å². The first kappa shape index (κ1) is 13.4. The fourth-order valence-corrected chi connectivity index (χ4v) is 1.52. The Bertz CT molecular complexity index is 642. The summed E-state index contributed by atoms with van der Waals surface area (Å²) < 4.78 is 0. The van der Waals surface area contributed by atoms with Crippen LogP contribution in [0, 0.1) is 10.1 Å². The largest absolute Gasteiger partial charge is 0.477 e. The van der Waals surface area contributed by atoms with E-state index < -0.39 is 10.9 Å². The number of nitrogens with one attached hydrogen (secondary N) is 1. The summed E-state index contributed by atoms with van der Waals surface area (Å²) in [5.74, 6) is -0.954. The van der Waals surface area contributed by atoms with Crippen molar-refractivity contribution in [2.24, 2.45) is 0 Å². The van der Waals surface area contributed by atoms with Gasteiger partial charge in [0, 0.05) is 25.0 Å². The minimum atomic E-state index is -1.11. The van der Waals surface area contributed by atoms with Gasteiger partial charge in [-0.15, -0.1) is 0 Å². The Morgan fingerprint density at radius 3 is 2.75 bits per heavy atom. The highest BCUT2D eigenvalue weighted by Crippen LogP contribution is 2.20. The summed E-state index contributed by atoms with van der Waals surface area (Å²) in [4.78, 5) is 28.6. The lowest BCUT2D eigenvalue weighted by molar-refractivity contribution is -0.384. The third-order valence-electron chi connectivity index (χ3n) is 2.49. The molecule has 0 aromatic carbocycles. The van der Waals surface area contributed by atoms with Crippen LogP contribution in [0.3, 0.4) is 0 Å². The fourth-order valence-electron chi connectivity index (χ4n) is 1.52. The minimum Gasteiger partial charge on any atom is -0.477 e. The number of nitro groups is 1. The quantitative estimate of drug-likeness (QED) is 0.629. The molecule has 102 valence electrons. The van der Waals surface area contributed by atoms with Crippen LogP contribution in [-0.2, 0) is 6.54 Å². The van der Waals surface area contributed by atoms with Gasteiger partial charge >= 0.3 is 11.7 Å². The van der Waals surface area contributed by atoms with Crippen molar-refractivity contribution < 1.29 is 14.8 Å². The molecule has 2 N–H and O–H groups in total. The molecule has 0 aliphatic rings. The molecular weight excluding hydrogens is 264 g/mol. The van der Waals surface area contributed by atoms with Crippen LogP contribution >= 0.6 is 0 Å². The molecule has 8 heteroatoms. The van der Waals surface area contributed by atoms with Crippen molar-refractivity contribution in [1.82, 2.24) is 9.97 Å². The van der Waals surface area contributed by atoms with Gasteiger partial charge in [0.05, 0.1) is 4.92 Å². The molecule has 2 heterocycles. The number of nitrogens with zero attached hydrogens (tertiary/aromatic N) is 3. The Hall–Kier alpha value is -3.03. The molecule has 0 aliphatic carbocycles. The zero-order valence-corrected chi connectivity index (χ0v) is 10.2. The zero-order chi connectivity index (χ0) is 14.5. The first-order valence-electron chi connectivity index (χ1n) is 5.59. The number of carboxylic acids is 1. The maximum absolute atomic E-state index is 10.8. The van der Waals surface area contributed by atoms with Crippen LogP contribution in [0.15, 0.2) is 36.7 Å². The van der Waals surface area contributed by atoms with Gasteiger partial charge in [-0.2, -0.15) is 0 Å². The summed E-state index contributed by atoms with van der Waals surface area (Å²) in [6.07, 6.45) is 2.84. The molecule has 2 rings (SSSR count). The molecule has 2 aromatic heterocycles. The number of carboxylic acid groups (broad SMARTS) is 1. The molecule has 20 heavy (non-hydrogen) atoms. The molecule has 0 spiro atoms. The van der Waals surface area contributed by atoms with Gasteiger partial charge in [0.25, 0.3) is 0 Å². The van der Waals surface area contributed by atoms with Gasteiger partial charge in [0.1, 0.15) is 5.69 Å². The third-order valence-corrected chi connectivity index (χ3v) is 2.49. The predicted octanol–water partition coefficient (Wildman–Crippen LogP) is 1.70. The highest BCUT2D eigenvalue weighted by Gasteiger charge is 2.13. The summed E-state index contributed by atoms with van der Waals surface area (Å²) in [6.45, 7) is 0.255. The van der Waals surface area contributed by atoms with Crippen LogP contribution in [0.5, 0.6) is 0 Å². The smallest absolute Gasteiger partial charge is 0.354 e. The van der Waals surface area contributed by atoms with E-state index in [2.05, 4.69) is 15.3 Å². The van der Waals surface area contributed by atoms with Gasteiger partial charge in [-0.3, -0.25) is 10.1 Å². The Morgan fingerprint density at radius 1 is 1.35 bits per heavy atom. The molecule has 8 nitrogen and oxygen atoms in total. The molecule has 0 atom stereocenters. The lowest BCUT2D eigenvalue weighted by Crippen LogP contribution is -2.06. The molecule has 0 fully saturated rings. The number of pyridine rings is 2. The Balaban J connectivity index is 2.09. The van der Waals surface area contributed by atoms with Crippen LogP contribution in [-0.4, -0.2) is 26.0 Å². The summed E-state index contributed by atoms with van der Waals surface area (Å²) in [6, 6.07) is 5.78. The topological polar surface area (TPSA) is 118 Å². The van der Waals surface area contributed by atoms with Gasteiger partial charge in [-0.1, -0.05) is 6.07 Å². The second kappa shape index (κ2) is 5.74. The highest BCUT2D eigenvalue weighted by atomic mass is 16.6. The maximum atomic E-state index is 10.8. The van der Waals surface area contributed by atoms with Gasteiger partial charge in [0.2, 0.25) is 5.82 Å². The Kier molecular flexibility index (Phi) is 3.85. The van der Waals surface area contributed by atoms with E-state index in [0.717, 1.165) is 0 Å². The van der Waals surface area contributed by atoms with Crippen LogP contribution < -0.4 is 5.32 Å². The van der Waals surface area contributed by atoms with Crippen molar-refractivity contribution in [3.05, 3.63) is 58.0 Å². The van der Waals surface area contributed by atoms with E-state index in [1.54, 1.807) is 6.07 Å². The van der Waals surface area contributed by atoms with Gasteiger partial charge in [-0.05, 0) is 17.7 Å². The van der Waals surface area contributed by atoms with E-state index in [1.807, 2.05) is 0 Å². The monoisotopic (exact) mass is 274 g/mol. The summed E-state index contributed by atoms with van der Waals surface area (Å²) in [7, 11) is 0. The lowest BCUT2D eigenvalue weighted by atomic mass is 10.2. The normalized spacial score (nSPS) is 10.0. The molecular formula is C12H10N4O4. The molecule has 0 bridgehead atoms. The first-order valence-corrected chi connectivity index (χ1v) is 5.59. The Labute approximate surface area is 113 Å². The number of rotatable bonds is 5. The van der Waals surface area contributed by atoms with E-state index >= 15 is 0 Å². The maximum Gasteiger partial charge on any atom is 0.354 e. The van der Waals surface area contributed by atoms with E-state index in [0.29, 0.717) is 5.56 Å². The van der Waals surface area contributed by atoms with Crippen molar-refractivity contribution in [1.29, 1.82) is 0 Å². The Morgan fingerprint density at radius 2 is 2.15 bits per heavy atom. The first-order chi connectivity index (χ1) is 9.58. The predicted molar refractivity (Wildman–Crippen MR) is 69.4 cm³/mol. The molecule has 0 saturated carbocycles. The number of aromatic carboxylic acids is 1. The minimum absolute atomic E-state index is 0.0578. The second-order valence-corrected chi connectivity index (χ2v) is 3.84. The molecule has 2 aromatic rings. The van der Waals surface area contributed by atoms with Crippen molar-refractivity contribution in [2.75, 3.05) is 5.32 Å². The van der Waals surface area contributed by atoms with Crippen LogP contribution in [0.25, 0.3) is 0 Å². The standard InChI is InChI=1S/C12H10N4O4/c17-12(18)9-4-3-8(6-14-9)7-15-11-10(16(19)20)2-1-5-13-11/h1-6H,7H2,(H,13,15)(H,17,18). The van der Waals surface area contributed by atoms with Crippen LogP contribution in [0.4, 0.5) is 11.5 Å². The van der Waals surface area contributed by atoms with Crippen LogP contribution in [0.2, 0.25) is 0 Å². The average molecular weight is 274 g/mol. The summed E-state index contributed by atoms with van der Waals surface area (Å²) in [5.41, 5.74) is 0.509. The van der Waals surface area contributed by atoms with Crippen molar-refractivity contribution in [3.8, 4) is 0 Å². The molecule has 0 radical (unpaired) electrons. The summed E-state index contributed by atoms with van der Waals surface area (Å²) >= 11 is 0. The van der Waals surface area contributed by atoms with Crippen molar-refractivity contribution in [2.45, 2.75) is 6.54 Å². The number of aromatic nitrogens is 2. The van der Waals surface area contributed by atoms with Gasteiger partial charge in [0.15, 0.2) is 0 Å².